The van der Waals surface area contributed by atoms with Gasteiger partial charge in [-0.1, -0.05) is 20.8 Å². The lowest BCUT2D eigenvalue weighted by Gasteiger charge is -2.46. The van der Waals surface area contributed by atoms with Gasteiger partial charge in [0.1, 0.15) is 0 Å². The van der Waals surface area contributed by atoms with Crippen molar-refractivity contribution in [3.05, 3.63) is 0 Å². The zero-order chi connectivity index (χ0) is 15.9. The van der Waals surface area contributed by atoms with Crippen LogP contribution >= 0.6 is 0 Å². The van der Waals surface area contributed by atoms with Crippen LogP contribution in [0.3, 0.4) is 0 Å². The summed E-state index contributed by atoms with van der Waals surface area (Å²) in [7, 11) is -1.96. The normalized spacial score (nSPS) is 26.4. The van der Waals surface area contributed by atoms with Crippen LogP contribution in [0.2, 0.25) is 18.1 Å². The first-order valence-electron chi connectivity index (χ1n) is 7.09. The third-order valence-corrected chi connectivity index (χ3v) is 9.29. The average molecular weight is 301 g/mol. The molecule has 1 aliphatic rings. The smallest absolute Gasteiger partial charge is 0.308 e. The first-order valence-corrected chi connectivity index (χ1v) is 10.0. The maximum atomic E-state index is 11.8. The molecule has 1 aliphatic heterocycles. The molecule has 1 rings (SSSR count). The van der Waals surface area contributed by atoms with E-state index in [-0.39, 0.29) is 29.0 Å². The topological polar surface area (TPSA) is 75.6 Å². The third-order valence-electron chi connectivity index (χ3n) is 4.72. The molecule has 0 bridgehead atoms. The van der Waals surface area contributed by atoms with Gasteiger partial charge in [0.25, 0.3) is 0 Å². The van der Waals surface area contributed by atoms with Gasteiger partial charge in [0, 0.05) is 0 Å². The summed E-state index contributed by atoms with van der Waals surface area (Å²) in [5.74, 6) is -1.95. The number of carbonyl (C=O) groups is 2. The molecule has 0 aromatic carbocycles. The van der Waals surface area contributed by atoms with Crippen molar-refractivity contribution in [3.8, 4) is 0 Å². The second-order valence-electron chi connectivity index (χ2n) is 7.27. The molecule has 0 aromatic heterocycles. The molecule has 1 heterocycles. The zero-order valence-corrected chi connectivity index (χ0v) is 14.5. The maximum Gasteiger partial charge on any atom is 0.308 e. The van der Waals surface area contributed by atoms with Gasteiger partial charge in [-0.05, 0) is 32.0 Å². The Labute approximate surface area is 122 Å². The minimum absolute atomic E-state index is 0.0649. The molecule has 0 spiro atoms. The summed E-state index contributed by atoms with van der Waals surface area (Å²) in [6.07, 6.45) is -0.253. The minimum Gasteiger partial charge on any atom is -0.481 e. The van der Waals surface area contributed by atoms with Crippen LogP contribution in [-0.2, 0) is 14.0 Å². The summed E-state index contributed by atoms with van der Waals surface area (Å²) in [5.41, 5.74) is 0. The van der Waals surface area contributed by atoms with Crippen molar-refractivity contribution in [3.63, 3.8) is 0 Å². The number of hydrogen-bond donors (Lipinski definition) is 2. The van der Waals surface area contributed by atoms with Crippen molar-refractivity contribution in [2.24, 2.45) is 11.8 Å². The molecule has 0 aliphatic carbocycles. The summed E-state index contributed by atoms with van der Waals surface area (Å²) < 4.78 is 6.22. The number of aliphatic carboxylic acids is 1. The van der Waals surface area contributed by atoms with Crippen LogP contribution < -0.4 is 5.32 Å². The van der Waals surface area contributed by atoms with Crippen molar-refractivity contribution in [1.82, 2.24) is 5.32 Å². The lowest BCUT2D eigenvalue weighted by molar-refractivity contribution is -0.151. The van der Waals surface area contributed by atoms with Gasteiger partial charge in [0.15, 0.2) is 8.32 Å². The number of nitrogens with one attached hydrogen (secondary N) is 1. The van der Waals surface area contributed by atoms with Gasteiger partial charge in [-0.25, -0.2) is 0 Å². The molecule has 5 nitrogen and oxygen atoms in total. The van der Waals surface area contributed by atoms with Crippen molar-refractivity contribution >= 4 is 20.2 Å². The largest absolute Gasteiger partial charge is 0.481 e. The molecule has 1 fully saturated rings. The van der Waals surface area contributed by atoms with Gasteiger partial charge in [-0.2, -0.15) is 0 Å². The van der Waals surface area contributed by atoms with Crippen LogP contribution in [0.4, 0.5) is 0 Å². The molecule has 1 amide bonds. The van der Waals surface area contributed by atoms with E-state index in [4.69, 9.17) is 9.53 Å². The van der Waals surface area contributed by atoms with Crippen molar-refractivity contribution in [1.29, 1.82) is 0 Å². The highest BCUT2D eigenvalue weighted by Crippen LogP contribution is 2.39. The Morgan fingerprint density at radius 3 is 2.20 bits per heavy atom. The van der Waals surface area contributed by atoms with Crippen LogP contribution in [0.1, 0.15) is 34.6 Å². The predicted octanol–water partition coefficient (Wildman–Crippen LogP) is 2.23. The summed E-state index contributed by atoms with van der Waals surface area (Å²) in [4.78, 5) is 22.8. The number of carbonyl (C=O) groups excluding carboxylic acids is 1. The second-order valence-corrected chi connectivity index (χ2v) is 12.0. The highest BCUT2D eigenvalue weighted by Gasteiger charge is 2.50. The first kappa shape index (κ1) is 17.2. The predicted molar refractivity (Wildman–Crippen MR) is 80.0 cm³/mol. The van der Waals surface area contributed by atoms with Crippen LogP contribution in [0, 0.1) is 11.8 Å². The van der Waals surface area contributed by atoms with E-state index < -0.39 is 20.2 Å². The van der Waals surface area contributed by atoms with Crippen molar-refractivity contribution < 1.29 is 19.1 Å². The fourth-order valence-corrected chi connectivity index (χ4v) is 3.66. The van der Waals surface area contributed by atoms with E-state index in [2.05, 4.69) is 39.2 Å². The molecule has 0 saturated carbocycles. The van der Waals surface area contributed by atoms with E-state index in [1.807, 2.05) is 6.92 Å². The zero-order valence-electron chi connectivity index (χ0n) is 13.5. The Hall–Kier alpha value is -0.883. The SMILES string of the molecule is CC(C(=O)O)[C@H]1NC(=O)[C@H]1C(C)O[Si](C)(C)C(C)(C)C. The van der Waals surface area contributed by atoms with Crippen molar-refractivity contribution in [2.45, 2.75) is 64.9 Å². The van der Waals surface area contributed by atoms with E-state index in [9.17, 15) is 9.59 Å². The molecule has 6 heteroatoms. The first-order chi connectivity index (χ1) is 8.88. The van der Waals surface area contributed by atoms with Gasteiger partial charge < -0.3 is 14.8 Å². The quantitative estimate of drug-likeness (QED) is 0.603. The Balaban J connectivity index is 2.78. The van der Waals surface area contributed by atoms with Gasteiger partial charge >= 0.3 is 5.97 Å². The number of amides is 1. The number of hydrogen-bond acceptors (Lipinski definition) is 3. The lowest BCUT2D eigenvalue weighted by atomic mass is 9.79. The molecule has 116 valence electrons. The molecule has 0 aromatic rings. The third kappa shape index (κ3) is 3.23. The van der Waals surface area contributed by atoms with Gasteiger partial charge in [-0.3, -0.25) is 9.59 Å². The fourth-order valence-electron chi connectivity index (χ4n) is 2.23. The molecular formula is C14H27NO4Si. The number of carboxylic acids is 1. The Bertz CT molecular complexity index is 402. The van der Waals surface area contributed by atoms with Crippen LogP contribution in [0.5, 0.6) is 0 Å². The molecule has 0 radical (unpaired) electrons. The van der Waals surface area contributed by atoms with E-state index in [0.29, 0.717) is 0 Å². The minimum atomic E-state index is -1.96. The van der Waals surface area contributed by atoms with E-state index >= 15 is 0 Å². The number of rotatable bonds is 5. The van der Waals surface area contributed by atoms with E-state index in [0.717, 1.165) is 0 Å². The maximum absolute atomic E-state index is 11.8. The summed E-state index contributed by atoms with van der Waals surface area (Å²) in [5, 5.41) is 11.8. The number of carboxylic acid groups (broad SMARTS) is 1. The molecule has 20 heavy (non-hydrogen) atoms. The van der Waals surface area contributed by atoms with Crippen LogP contribution in [0.25, 0.3) is 0 Å². The average Bonchev–Trinajstić information content (AvgIpc) is 2.21. The monoisotopic (exact) mass is 301 g/mol. The fraction of sp³-hybridized carbons (Fsp3) is 0.857. The summed E-state index contributed by atoms with van der Waals surface area (Å²) in [6, 6.07) is -0.334. The van der Waals surface area contributed by atoms with Crippen LogP contribution in [0.15, 0.2) is 0 Å². The summed E-state index contributed by atoms with van der Waals surface area (Å²) in [6.45, 7) is 14.2. The van der Waals surface area contributed by atoms with Gasteiger partial charge in [-0.15, -0.1) is 0 Å². The molecule has 2 N–H and O–H groups in total. The highest BCUT2D eigenvalue weighted by atomic mass is 28.4. The van der Waals surface area contributed by atoms with E-state index in [1.54, 1.807) is 6.92 Å². The Morgan fingerprint density at radius 2 is 1.85 bits per heavy atom. The molecule has 4 atom stereocenters. The molecular weight excluding hydrogens is 274 g/mol. The van der Waals surface area contributed by atoms with E-state index in [1.165, 1.54) is 0 Å². The van der Waals surface area contributed by atoms with Crippen molar-refractivity contribution in [2.75, 3.05) is 0 Å². The Kier molecular flexibility index (Phi) is 4.71. The summed E-state index contributed by atoms with van der Waals surface area (Å²) >= 11 is 0. The lowest BCUT2D eigenvalue weighted by Crippen LogP contribution is -2.66. The number of β-lactam (4-membered cyclic amide) rings is 1. The molecule has 1 saturated heterocycles. The highest BCUT2D eigenvalue weighted by molar-refractivity contribution is 6.74. The standard InChI is InChI=1S/C14H27NO4Si/c1-8(13(17)18)11-10(12(16)15-11)9(2)19-20(6,7)14(3,4)5/h8-11H,1-7H3,(H,15,16)(H,17,18)/t8?,9?,10-,11+/m0/s1. The van der Waals surface area contributed by atoms with Crippen LogP contribution in [-0.4, -0.2) is 37.4 Å². The second kappa shape index (κ2) is 5.48. The molecule has 2 unspecified atom stereocenters. The van der Waals surface area contributed by atoms with Gasteiger partial charge in [0.2, 0.25) is 5.91 Å². The van der Waals surface area contributed by atoms with Gasteiger partial charge in [0.05, 0.1) is 24.0 Å². The Morgan fingerprint density at radius 1 is 1.35 bits per heavy atom.